The van der Waals surface area contributed by atoms with E-state index in [1.807, 2.05) is 0 Å². The average molecular weight is 817 g/mol. The van der Waals surface area contributed by atoms with E-state index < -0.39 is 0 Å². The quantitative estimate of drug-likeness (QED) is 0.148. The molecule has 0 saturated heterocycles. The first-order chi connectivity index (χ1) is 31.7. The van der Waals surface area contributed by atoms with Crippen LogP contribution in [0.1, 0.15) is 23.6 Å². The fraction of sp³-hybridized carbons (Fsp3) is 0.0323. The molecule has 0 saturated carbocycles. The van der Waals surface area contributed by atoms with Crippen LogP contribution in [-0.2, 0) is 5.41 Å². The van der Waals surface area contributed by atoms with Gasteiger partial charge in [-0.3, -0.25) is 0 Å². The van der Waals surface area contributed by atoms with Crippen molar-refractivity contribution in [2.45, 2.75) is 12.3 Å². The predicted molar refractivity (Wildman–Crippen MR) is 269 cm³/mol. The van der Waals surface area contributed by atoms with E-state index in [2.05, 4.69) is 265 Å². The minimum absolute atomic E-state index is 0.354. The zero-order valence-corrected chi connectivity index (χ0v) is 35.6. The monoisotopic (exact) mass is 816 g/mol. The normalized spacial score (nSPS) is 14.1. The summed E-state index contributed by atoms with van der Waals surface area (Å²) >= 11 is 0. The van der Waals surface area contributed by atoms with E-state index in [9.17, 15) is 0 Å². The molecule has 11 aromatic rings. The molecule has 0 bridgehead atoms. The van der Waals surface area contributed by atoms with Crippen molar-refractivity contribution in [3.05, 3.63) is 265 Å². The fourth-order valence-corrected chi connectivity index (χ4v) is 10.6. The van der Waals surface area contributed by atoms with Crippen molar-refractivity contribution >= 4 is 38.9 Å². The number of rotatable bonds is 8. The zero-order valence-electron chi connectivity index (χ0n) is 35.6. The van der Waals surface area contributed by atoms with Crippen LogP contribution >= 0.6 is 0 Å². The number of anilines is 3. The fourth-order valence-electron chi connectivity index (χ4n) is 10.6. The Morgan fingerprint density at radius 1 is 0.359 bits per heavy atom. The van der Waals surface area contributed by atoms with Crippen LogP contribution in [0.25, 0.3) is 72.0 Å². The molecule has 10 aromatic carbocycles. The van der Waals surface area contributed by atoms with Crippen LogP contribution in [0.2, 0.25) is 0 Å². The topological polar surface area (TPSA) is 8.17 Å². The van der Waals surface area contributed by atoms with Crippen molar-refractivity contribution < 1.29 is 0 Å². The molecule has 2 nitrogen and oxygen atoms in total. The van der Waals surface area contributed by atoms with E-state index in [1.54, 1.807) is 0 Å². The van der Waals surface area contributed by atoms with Crippen LogP contribution in [0.5, 0.6) is 0 Å². The lowest BCUT2D eigenvalue weighted by atomic mass is 9.74. The van der Waals surface area contributed by atoms with Crippen molar-refractivity contribution in [3.63, 3.8) is 0 Å². The van der Waals surface area contributed by atoms with Gasteiger partial charge in [0.05, 0.1) is 22.4 Å². The van der Waals surface area contributed by atoms with Gasteiger partial charge in [-0.1, -0.05) is 206 Å². The summed E-state index contributed by atoms with van der Waals surface area (Å²) in [5.41, 5.74) is 20.0. The predicted octanol–water partition coefficient (Wildman–Crippen LogP) is 16.6. The van der Waals surface area contributed by atoms with E-state index in [4.69, 9.17) is 0 Å². The van der Waals surface area contributed by atoms with Crippen LogP contribution in [0, 0.1) is 0 Å². The second-order valence-electron chi connectivity index (χ2n) is 16.9. The third kappa shape index (κ3) is 5.87. The molecule has 0 radical (unpaired) electrons. The molecule has 302 valence electrons. The smallest absolute Gasteiger partial charge is 0.0543 e. The molecule has 1 aliphatic rings. The van der Waals surface area contributed by atoms with Crippen LogP contribution in [0.15, 0.2) is 249 Å². The first-order valence-corrected chi connectivity index (χ1v) is 22.2. The van der Waals surface area contributed by atoms with Crippen molar-refractivity contribution in [3.8, 4) is 50.2 Å². The Kier molecular flexibility index (Phi) is 8.98. The third-order valence-corrected chi connectivity index (χ3v) is 13.5. The van der Waals surface area contributed by atoms with Crippen molar-refractivity contribution in [1.29, 1.82) is 0 Å². The molecule has 0 amide bonds. The van der Waals surface area contributed by atoms with Gasteiger partial charge in [0.25, 0.3) is 0 Å². The summed E-state index contributed by atoms with van der Waals surface area (Å²) in [5, 5.41) is 2.49. The van der Waals surface area contributed by atoms with Crippen LogP contribution in [0.4, 0.5) is 17.1 Å². The Morgan fingerprint density at radius 3 is 1.55 bits per heavy atom. The van der Waals surface area contributed by atoms with E-state index >= 15 is 0 Å². The molecule has 12 rings (SSSR count). The van der Waals surface area contributed by atoms with E-state index in [1.165, 1.54) is 77.4 Å². The van der Waals surface area contributed by atoms with Gasteiger partial charge in [-0.15, -0.1) is 0 Å². The molecule has 0 aliphatic heterocycles. The third-order valence-electron chi connectivity index (χ3n) is 13.5. The molecular formula is C62H44N2. The van der Waals surface area contributed by atoms with Crippen molar-refractivity contribution in [1.82, 2.24) is 4.57 Å². The second-order valence-corrected chi connectivity index (χ2v) is 16.9. The maximum atomic E-state index is 2.53. The molecule has 1 atom stereocenters. The van der Waals surface area contributed by atoms with Gasteiger partial charge in [0.2, 0.25) is 0 Å². The summed E-state index contributed by atoms with van der Waals surface area (Å²) in [7, 11) is 0. The lowest BCUT2D eigenvalue weighted by Gasteiger charge is -2.32. The maximum Gasteiger partial charge on any atom is 0.0543 e. The number of hydrogen-bond acceptors (Lipinski definition) is 1. The number of benzene rings is 10. The molecule has 1 heterocycles. The van der Waals surface area contributed by atoms with E-state index in [-0.39, 0.29) is 5.41 Å². The Labute approximate surface area is 374 Å². The number of nitrogens with zero attached hydrogens (tertiary/aromatic N) is 2. The second kappa shape index (κ2) is 15.3. The average Bonchev–Trinajstić information content (AvgIpc) is 3.85. The molecule has 1 aliphatic carbocycles. The van der Waals surface area contributed by atoms with Crippen LogP contribution in [0.3, 0.4) is 0 Å². The molecule has 0 spiro atoms. The molecule has 0 N–H and O–H groups in total. The van der Waals surface area contributed by atoms with Crippen molar-refractivity contribution in [2.24, 2.45) is 0 Å². The molecular weight excluding hydrogens is 773 g/mol. The summed E-state index contributed by atoms with van der Waals surface area (Å²) < 4.78 is 2.42. The van der Waals surface area contributed by atoms with E-state index in [0.717, 1.165) is 28.3 Å². The number of aromatic nitrogens is 1. The first-order valence-electron chi connectivity index (χ1n) is 22.2. The highest BCUT2D eigenvalue weighted by atomic mass is 15.2. The van der Waals surface area contributed by atoms with E-state index in [0.29, 0.717) is 0 Å². The summed E-state index contributed by atoms with van der Waals surface area (Å²) in [4.78, 5) is 2.53. The number of para-hydroxylation sites is 3. The Morgan fingerprint density at radius 2 is 0.844 bits per heavy atom. The van der Waals surface area contributed by atoms with Crippen LogP contribution < -0.4 is 4.90 Å². The van der Waals surface area contributed by atoms with Crippen LogP contribution in [-0.4, -0.2) is 4.57 Å². The van der Waals surface area contributed by atoms with Gasteiger partial charge in [0, 0.05) is 38.7 Å². The summed E-state index contributed by atoms with van der Waals surface area (Å²) in [6.45, 7) is 2.40. The van der Waals surface area contributed by atoms with Gasteiger partial charge in [0.1, 0.15) is 0 Å². The van der Waals surface area contributed by atoms with Gasteiger partial charge in [-0.05, 0) is 99.5 Å². The zero-order chi connectivity index (χ0) is 42.6. The lowest BCUT2D eigenvalue weighted by Crippen LogP contribution is -2.22. The Hall–Kier alpha value is -8.20. The van der Waals surface area contributed by atoms with Gasteiger partial charge in [-0.25, -0.2) is 0 Å². The lowest BCUT2D eigenvalue weighted by molar-refractivity contribution is 0.714. The minimum atomic E-state index is -0.354. The highest BCUT2D eigenvalue weighted by Crippen LogP contribution is 2.57. The van der Waals surface area contributed by atoms with Gasteiger partial charge in [-0.2, -0.15) is 0 Å². The summed E-state index contributed by atoms with van der Waals surface area (Å²) in [6, 6.07) is 91.1. The molecule has 2 heteroatoms. The van der Waals surface area contributed by atoms with Gasteiger partial charge >= 0.3 is 0 Å². The minimum Gasteiger partial charge on any atom is -0.309 e. The number of fused-ring (bicyclic) bond motifs is 6. The van der Waals surface area contributed by atoms with Crippen molar-refractivity contribution in [2.75, 3.05) is 4.90 Å². The molecule has 1 unspecified atom stereocenters. The molecule has 64 heavy (non-hydrogen) atoms. The highest BCUT2D eigenvalue weighted by molar-refractivity contribution is 6.09. The molecule has 1 aromatic heterocycles. The first kappa shape index (κ1) is 37.6. The standard InChI is InChI=1S/C62H44N2/c1-62(44-24-6-3-7-25-44)55-36-16-12-35-54(55)61-56(62)37-21-41-60(61)64(46-27-20-26-45(42-46)63-58-39-18-14-33-52(58)53-34-15-19-40-59(53)63)57-38-17-13-32-51(57)50-31-11-10-30-49(50)48-29-9-8-28-47(48)43-22-4-2-5-23-43/h2-42H,1H3. The largest absolute Gasteiger partial charge is 0.309 e. The van der Waals surface area contributed by atoms with Gasteiger partial charge < -0.3 is 9.47 Å². The summed E-state index contributed by atoms with van der Waals surface area (Å²) in [5.74, 6) is 0. The molecule has 0 fully saturated rings. The SMILES string of the molecule is CC1(c2ccccc2)c2ccccc2-c2c(N(c3cccc(-n4c5ccccc5c5ccccc54)c3)c3ccccc3-c3ccccc3-c3ccccc3-c3ccccc3)cccc21. The highest BCUT2D eigenvalue weighted by Gasteiger charge is 2.42. The summed E-state index contributed by atoms with van der Waals surface area (Å²) in [6.07, 6.45) is 0. The maximum absolute atomic E-state index is 2.53. The van der Waals surface area contributed by atoms with Gasteiger partial charge in [0.15, 0.2) is 0 Å². The number of hydrogen-bond donors (Lipinski definition) is 0. The Bertz CT molecular complexity index is 3470. The Balaban J connectivity index is 1.14.